The number of pyridine rings is 1. The van der Waals surface area contributed by atoms with Gasteiger partial charge < -0.3 is 14.9 Å². The van der Waals surface area contributed by atoms with Crippen LogP contribution in [0.2, 0.25) is 0 Å². The molecule has 0 amide bonds. The monoisotopic (exact) mass is 219 g/mol. The first kappa shape index (κ1) is 10.2. The van der Waals surface area contributed by atoms with E-state index in [9.17, 15) is 9.90 Å². The van der Waals surface area contributed by atoms with E-state index >= 15 is 0 Å². The van der Waals surface area contributed by atoms with Crippen LogP contribution < -0.4 is 4.74 Å². The largest absolute Gasteiger partial charge is 0.508 e. The van der Waals surface area contributed by atoms with Crippen molar-refractivity contribution in [2.24, 2.45) is 0 Å². The van der Waals surface area contributed by atoms with Gasteiger partial charge in [0.2, 0.25) is 0 Å². The number of aromatic carboxylic acids is 1. The second-order valence-electron chi connectivity index (χ2n) is 3.22. The SMILES string of the molecule is COc1cc(C(=O)O)nc2cc(O)ccc12. The molecular weight excluding hydrogens is 210 g/mol. The maximum absolute atomic E-state index is 10.8. The molecule has 1 heterocycles. The van der Waals surface area contributed by atoms with Crippen LogP contribution in [0.15, 0.2) is 24.3 Å². The normalized spacial score (nSPS) is 10.3. The predicted molar refractivity (Wildman–Crippen MR) is 56.9 cm³/mol. The third-order valence-corrected chi connectivity index (χ3v) is 2.19. The van der Waals surface area contributed by atoms with Crippen LogP contribution >= 0.6 is 0 Å². The van der Waals surface area contributed by atoms with E-state index < -0.39 is 5.97 Å². The summed E-state index contributed by atoms with van der Waals surface area (Å²) in [6, 6.07) is 5.86. The van der Waals surface area contributed by atoms with Gasteiger partial charge >= 0.3 is 5.97 Å². The lowest BCUT2D eigenvalue weighted by molar-refractivity contribution is 0.0690. The minimum Gasteiger partial charge on any atom is -0.508 e. The molecule has 2 N–H and O–H groups in total. The van der Waals surface area contributed by atoms with E-state index in [1.54, 1.807) is 6.07 Å². The Morgan fingerprint density at radius 3 is 2.75 bits per heavy atom. The minimum atomic E-state index is -1.14. The Kier molecular flexibility index (Phi) is 2.36. The smallest absolute Gasteiger partial charge is 0.354 e. The lowest BCUT2D eigenvalue weighted by Gasteiger charge is -2.06. The first-order valence-corrected chi connectivity index (χ1v) is 4.53. The van der Waals surface area contributed by atoms with E-state index in [2.05, 4.69) is 4.98 Å². The van der Waals surface area contributed by atoms with E-state index in [0.29, 0.717) is 16.7 Å². The summed E-state index contributed by atoms with van der Waals surface area (Å²) in [4.78, 5) is 14.7. The Labute approximate surface area is 90.9 Å². The molecule has 0 saturated carbocycles. The molecule has 0 aliphatic rings. The first-order chi connectivity index (χ1) is 7.61. The summed E-state index contributed by atoms with van der Waals surface area (Å²) in [5.74, 6) is -0.685. The zero-order valence-corrected chi connectivity index (χ0v) is 8.47. The fourth-order valence-electron chi connectivity index (χ4n) is 1.46. The molecule has 0 fully saturated rings. The van der Waals surface area contributed by atoms with Crippen molar-refractivity contribution in [1.82, 2.24) is 4.98 Å². The highest BCUT2D eigenvalue weighted by Crippen LogP contribution is 2.27. The van der Waals surface area contributed by atoms with E-state index in [1.165, 1.54) is 25.3 Å². The highest BCUT2D eigenvalue weighted by atomic mass is 16.5. The number of phenols is 1. The summed E-state index contributed by atoms with van der Waals surface area (Å²) >= 11 is 0. The number of hydrogen-bond acceptors (Lipinski definition) is 4. The molecule has 0 aliphatic heterocycles. The van der Waals surface area contributed by atoms with Gasteiger partial charge in [-0.2, -0.15) is 0 Å². The number of aromatic nitrogens is 1. The molecule has 2 aromatic rings. The number of nitrogens with zero attached hydrogens (tertiary/aromatic N) is 1. The van der Waals surface area contributed by atoms with Gasteiger partial charge in [0.05, 0.1) is 12.6 Å². The quantitative estimate of drug-likeness (QED) is 0.802. The van der Waals surface area contributed by atoms with Crippen molar-refractivity contribution >= 4 is 16.9 Å². The predicted octanol–water partition coefficient (Wildman–Crippen LogP) is 1.65. The van der Waals surface area contributed by atoms with Crippen LogP contribution in [-0.4, -0.2) is 28.3 Å². The van der Waals surface area contributed by atoms with Gasteiger partial charge in [-0.25, -0.2) is 9.78 Å². The average Bonchev–Trinajstić information content (AvgIpc) is 2.26. The highest BCUT2D eigenvalue weighted by Gasteiger charge is 2.11. The van der Waals surface area contributed by atoms with E-state index in [-0.39, 0.29) is 11.4 Å². The molecule has 0 radical (unpaired) electrons. The van der Waals surface area contributed by atoms with Crippen molar-refractivity contribution in [2.75, 3.05) is 7.11 Å². The van der Waals surface area contributed by atoms with E-state index in [4.69, 9.17) is 9.84 Å². The molecule has 5 heteroatoms. The number of benzene rings is 1. The third-order valence-electron chi connectivity index (χ3n) is 2.19. The van der Waals surface area contributed by atoms with E-state index in [1.807, 2.05) is 0 Å². The van der Waals surface area contributed by atoms with Crippen LogP contribution in [0.1, 0.15) is 10.5 Å². The summed E-state index contributed by atoms with van der Waals surface area (Å²) in [6.07, 6.45) is 0. The molecule has 1 aromatic heterocycles. The molecule has 0 unspecified atom stereocenters. The van der Waals surface area contributed by atoms with E-state index in [0.717, 1.165) is 0 Å². The van der Waals surface area contributed by atoms with Crippen molar-refractivity contribution in [1.29, 1.82) is 0 Å². The number of methoxy groups -OCH3 is 1. The van der Waals surface area contributed by atoms with Crippen molar-refractivity contribution in [3.05, 3.63) is 30.0 Å². The molecule has 0 spiro atoms. The van der Waals surface area contributed by atoms with Crippen LogP contribution in [0, 0.1) is 0 Å². The fraction of sp³-hybridized carbons (Fsp3) is 0.0909. The summed E-state index contributed by atoms with van der Waals surface area (Å²) in [7, 11) is 1.45. The van der Waals surface area contributed by atoms with Crippen molar-refractivity contribution in [3.8, 4) is 11.5 Å². The highest BCUT2D eigenvalue weighted by molar-refractivity contribution is 5.93. The van der Waals surface area contributed by atoms with Crippen LogP contribution in [0.4, 0.5) is 0 Å². The van der Waals surface area contributed by atoms with Crippen LogP contribution in [0.5, 0.6) is 11.5 Å². The molecule has 2 rings (SSSR count). The van der Waals surface area contributed by atoms with Crippen LogP contribution in [0.3, 0.4) is 0 Å². The second-order valence-corrected chi connectivity index (χ2v) is 3.22. The zero-order valence-electron chi connectivity index (χ0n) is 8.47. The zero-order chi connectivity index (χ0) is 11.7. The number of ether oxygens (including phenoxy) is 1. The standard InChI is InChI=1S/C11H9NO4/c1-16-10-5-9(11(14)15)12-8-4-6(13)2-3-7(8)10/h2-5,13H,1H3,(H,14,15). The lowest BCUT2D eigenvalue weighted by Crippen LogP contribution is -2.01. The van der Waals surface area contributed by atoms with Crippen molar-refractivity contribution < 1.29 is 19.7 Å². The summed E-state index contributed by atoms with van der Waals surface area (Å²) < 4.78 is 5.07. The van der Waals surface area contributed by atoms with Crippen LogP contribution in [0.25, 0.3) is 10.9 Å². The van der Waals surface area contributed by atoms with Crippen molar-refractivity contribution in [3.63, 3.8) is 0 Å². The van der Waals surface area contributed by atoms with Crippen molar-refractivity contribution in [2.45, 2.75) is 0 Å². The Balaban J connectivity index is 2.78. The summed E-state index contributed by atoms with van der Waals surface area (Å²) in [6.45, 7) is 0. The number of rotatable bonds is 2. The van der Waals surface area contributed by atoms with Gasteiger partial charge in [-0.1, -0.05) is 0 Å². The number of carbonyl (C=O) groups is 1. The Bertz CT molecular complexity index is 565. The molecule has 0 aliphatic carbocycles. The van der Waals surface area contributed by atoms with Gasteiger partial charge in [0, 0.05) is 17.5 Å². The molecule has 82 valence electrons. The molecule has 0 atom stereocenters. The topological polar surface area (TPSA) is 79.7 Å². The van der Waals surface area contributed by atoms with Gasteiger partial charge in [0.15, 0.2) is 5.69 Å². The van der Waals surface area contributed by atoms with Gasteiger partial charge in [-0.05, 0) is 12.1 Å². The van der Waals surface area contributed by atoms with Gasteiger partial charge in [-0.15, -0.1) is 0 Å². The summed E-state index contributed by atoms with van der Waals surface area (Å²) in [5.41, 5.74) is 0.270. The molecule has 5 nitrogen and oxygen atoms in total. The summed E-state index contributed by atoms with van der Waals surface area (Å²) in [5, 5.41) is 18.8. The van der Waals surface area contributed by atoms with Gasteiger partial charge in [0.25, 0.3) is 0 Å². The maximum atomic E-state index is 10.8. The lowest BCUT2D eigenvalue weighted by atomic mass is 10.1. The van der Waals surface area contributed by atoms with Gasteiger partial charge in [-0.3, -0.25) is 0 Å². The number of carboxylic acids is 1. The number of carboxylic acid groups (broad SMARTS) is 1. The Morgan fingerprint density at radius 2 is 2.12 bits per heavy atom. The minimum absolute atomic E-state index is 0.0320. The maximum Gasteiger partial charge on any atom is 0.354 e. The molecule has 16 heavy (non-hydrogen) atoms. The number of hydrogen-bond donors (Lipinski definition) is 2. The Morgan fingerprint density at radius 1 is 1.38 bits per heavy atom. The average molecular weight is 219 g/mol. The first-order valence-electron chi connectivity index (χ1n) is 4.53. The second kappa shape index (κ2) is 3.69. The molecule has 0 saturated heterocycles. The third kappa shape index (κ3) is 1.63. The van der Waals surface area contributed by atoms with Gasteiger partial charge in [0.1, 0.15) is 11.5 Å². The Hall–Kier alpha value is -2.30. The molecule has 1 aromatic carbocycles. The van der Waals surface area contributed by atoms with Crippen LogP contribution in [-0.2, 0) is 0 Å². The number of phenolic OH excluding ortho intramolecular Hbond substituents is 1. The number of fused-ring (bicyclic) bond motifs is 1. The molecular formula is C11H9NO4. The molecule has 0 bridgehead atoms. The fourth-order valence-corrected chi connectivity index (χ4v) is 1.46. The number of aromatic hydroxyl groups is 1.